The number of hydrogen-bond donors (Lipinski definition) is 0. The summed E-state index contributed by atoms with van der Waals surface area (Å²) in [6, 6.07) is 66.4. The highest BCUT2D eigenvalue weighted by atomic mass is 16.7. The predicted molar refractivity (Wildman–Crippen MR) is 316 cm³/mol. The summed E-state index contributed by atoms with van der Waals surface area (Å²) in [5.41, 5.74) is 12.4. The van der Waals surface area contributed by atoms with Gasteiger partial charge in [-0.05, 0) is 109 Å². The minimum absolute atomic E-state index is 0.307. The number of fused-ring (bicyclic) bond motifs is 6. The van der Waals surface area contributed by atoms with E-state index in [0.29, 0.717) is 60.4 Å². The van der Waals surface area contributed by atoms with Crippen molar-refractivity contribution in [3.63, 3.8) is 0 Å². The number of anilines is 4. The molecule has 16 nitrogen and oxygen atoms in total. The molecule has 8 aromatic carbocycles. The van der Waals surface area contributed by atoms with Gasteiger partial charge >= 0.3 is 11.9 Å². The van der Waals surface area contributed by atoms with E-state index < -0.39 is 18.2 Å². The first-order valence-electron chi connectivity index (χ1n) is 27.9. The first-order valence-corrected chi connectivity index (χ1v) is 27.9. The van der Waals surface area contributed by atoms with Gasteiger partial charge in [-0.25, -0.2) is 19.0 Å². The number of hydrogen-bond acceptors (Lipinski definition) is 14. The zero-order chi connectivity index (χ0) is 55.6. The maximum Gasteiger partial charge on any atom is 0.341 e. The largest absolute Gasteiger partial charge is 0.422 e. The van der Waals surface area contributed by atoms with Gasteiger partial charge in [0.15, 0.2) is 0 Å². The van der Waals surface area contributed by atoms with E-state index in [1.807, 2.05) is 194 Å². The molecule has 0 unspecified atom stereocenters. The summed E-state index contributed by atoms with van der Waals surface area (Å²) in [5.74, 6) is -0.364. The third-order valence-electron chi connectivity index (χ3n) is 14.6. The molecule has 2 aliphatic carbocycles. The smallest absolute Gasteiger partial charge is 0.341 e. The quantitative estimate of drug-likeness (QED) is 0.0273. The molecular weight excluding hydrogens is 1020 g/mol. The van der Waals surface area contributed by atoms with Crippen molar-refractivity contribution in [2.75, 3.05) is 10.0 Å². The van der Waals surface area contributed by atoms with Crippen LogP contribution >= 0.6 is 0 Å². The first kappa shape index (κ1) is 52.5. The van der Waals surface area contributed by atoms with Crippen LogP contribution in [0, 0.1) is 0 Å². The van der Waals surface area contributed by atoms with E-state index >= 15 is 0 Å². The monoisotopic (exact) mass is 1080 g/mol. The Morgan fingerprint density at radius 2 is 0.817 bits per heavy atom. The van der Waals surface area contributed by atoms with Crippen LogP contribution in [-0.2, 0) is 22.6 Å². The van der Waals surface area contributed by atoms with Gasteiger partial charge in [0.1, 0.15) is 0 Å². The number of nitrogens with zero attached hydrogens (tertiary/aromatic N) is 12. The molecule has 0 bridgehead atoms. The first-order chi connectivity index (χ1) is 40.5. The molecule has 406 valence electrons. The van der Waals surface area contributed by atoms with E-state index in [2.05, 4.69) is 38.0 Å². The lowest BCUT2D eigenvalue weighted by atomic mass is 10.0. The number of para-hydroxylation sites is 2. The molecular formula is C66H58N12O4. The lowest BCUT2D eigenvalue weighted by molar-refractivity contribution is -0.0838. The van der Waals surface area contributed by atoms with Crippen LogP contribution in [0.3, 0.4) is 0 Å². The average Bonchev–Trinajstić information content (AvgIpc) is 4.48. The van der Waals surface area contributed by atoms with Crippen LogP contribution in [-0.4, -0.2) is 70.1 Å². The fraction of sp³-hybridized carbons (Fsp3) is 0.182. The third-order valence-corrected chi connectivity index (χ3v) is 14.6. The fourth-order valence-corrected chi connectivity index (χ4v) is 10.5. The Morgan fingerprint density at radius 3 is 1.26 bits per heavy atom. The number of tetrazole rings is 2. The van der Waals surface area contributed by atoms with Gasteiger partial charge in [0.25, 0.3) is 11.9 Å². The van der Waals surface area contributed by atoms with E-state index in [1.54, 1.807) is 31.5 Å². The Kier molecular flexibility index (Phi) is 15.6. The molecule has 0 radical (unpaired) electrons. The molecule has 0 saturated carbocycles. The van der Waals surface area contributed by atoms with E-state index in [4.69, 9.17) is 19.7 Å². The zero-order valence-electron chi connectivity index (χ0n) is 45.3. The molecule has 2 aromatic heterocycles. The molecule has 12 rings (SSSR count). The second-order valence-electron chi connectivity index (χ2n) is 20.2. The number of rotatable bonds is 22. The zero-order valence-corrected chi connectivity index (χ0v) is 45.3. The Morgan fingerprint density at radius 1 is 0.439 bits per heavy atom. The van der Waals surface area contributed by atoms with Gasteiger partial charge in [0.05, 0.1) is 47.0 Å². The SMILES string of the molecule is CCCCCCCCCC(OC(=O)c1ccc2c(c1)-c1ccccc1/C2=N\N(c1ccccc1)c1nnnn1Cc1ccccc1)OC(=O)c1ccc2c(c1)-c1ccccc1/C2=N\N(c1ccccc1)c1nnnn1Cc1ccccc1. The second-order valence-corrected chi connectivity index (χ2v) is 20.2. The van der Waals surface area contributed by atoms with Crippen molar-refractivity contribution in [3.8, 4) is 22.3 Å². The van der Waals surface area contributed by atoms with E-state index in [0.717, 1.165) is 92.7 Å². The molecule has 2 heterocycles. The molecule has 10 aromatic rings. The Labute approximate surface area is 475 Å². The van der Waals surface area contributed by atoms with Crippen LogP contribution in [0.25, 0.3) is 22.3 Å². The third kappa shape index (κ3) is 11.3. The lowest BCUT2D eigenvalue weighted by Crippen LogP contribution is -2.25. The van der Waals surface area contributed by atoms with Gasteiger partial charge in [-0.2, -0.15) is 20.2 Å². The van der Waals surface area contributed by atoms with Gasteiger partial charge in [-0.3, -0.25) is 0 Å². The summed E-state index contributed by atoms with van der Waals surface area (Å²) in [6.45, 7) is 3.06. The molecule has 0 saturated heterocycles. The van der Waals surface area contributed by atoms with E-state index in [9.17, 15) is 9.59 Å². The number of esters is 2. The van der Waals surface area contributed by atoms with Gasteiger partial charge in [0.2, 0.25) is 6.29 Å². The summed E-state index contributed by atoms with van der Waals surface area (Å²) in [7, 11) is 0. The van der Waals surface area contributed by atoms with Crippen LogP contribution in [0.2, 0.25) is 0 Å². The number of ether oxygens (including phenoxy) is 2. The van der Waals surface area contributed by atoms with Crippen molar-refractivity contribution in [3.05, 3.63) is 251 Å². The number of unbranched alkanes of at least 4 members (excludes halogenated alkanes) is 6. The fourth-order valence-electron chi connectivity index (χ4n) is 10.5. The number of benzene rings is 8. The summed E-state index contributed by atoms with van der Waals surface area (Å²) in [6.07, 6.45) is 6.44. The van der Waals surface area contributed by atoms with Crippen molar-refractivity contribution >= 4 is 46.6 Å². The van der Waals surface area contributed by atoms with Crippen LogP contribution in [0.5, 0.6) is 0 Å². The summed E-state index contributed by atoms with van der Waals surface area (Å²) >= 11 is 0. The van der Waals surface area contributed by atoms with Crippen molar-refractivity contribution in [1.82, 2.24) is 40.4 Å². The van der Waals surface area contributed by atoms with Crippen molar-refractivity contribution in [1.29, 1.82) is 0 Å². The maximum atomic E-state index is 14.5. The molecule has 16 heteroatoms. The lowest BCUT2D eigenvalue weighted by Gasteiger charge is -2.20. The normalized spacial score (nSPS) is 13.0. The summed E-state index contributed by atoms with van der Waals surface area (Å²) in [5, 5.41) is 39.9. The Bertz CT molecular complexity index is 3680. The van der Waals surface area contributed by atoms with Crippen molar-refractivity contribution < 1.29 is 19.1 Å². The minimum atomic E-state index is -1.16. The summed E-state index contributed by atoms with van der Waals surface area (Å²) < 4.78 is 15.9. The van der Waals surface area contributed by atoms with Gasteiger partial charge in [-0.1, -0.05) is 213 Å². The standard InChI is InChI=1S/C66H58N12O4/c1-2-3-4-5-6-7-20-37-60(81-63(79)48-38-40-56-58(42-48)52-33-21-23-35-54(52)61(56)69-77(50-29-16-10-17-30-50)65-67-71-73-75(65)44-46-25-12-8-13-26-46)82-64(80)49-39-41-57-59(43-49)53-34-22-24-36-55(53)62(57)70-78(51-31-18-11-19-32-51)66-68-72-74-76(66)45-47-27-14-9-15-28-47/h8-19,21-36,38-43,60H,2-7,20,37,44-45H2,1H3/b69-61+,70-62+. The topological polar surface area (TPSA) is 171 Å². The maximum absolute atomic E-state index is 14.5. The molecule has 82 heavy (non-hydrogen) atoms. The molecule has 0 spiro atoms. The number of carbonyl (C=O) groups is 2. The number of carbonyl (C=O) groups excluding carboxylic acids is 2. The minimum Gasteiger partial charge on any atom is -0.422 e. The Hall–Kier alpha value is -10.2. The molecule has 0 N–H and O–H groups in total. The van der Waals surface area contributed by atoms with Crippen LogP contribution in [0.1, 0.15) is 112 Å². The predicted octanol–water partition coefficient (Wildman–Crippen LogP) is 13.4. The number of aromatic nitrogens is 8. The highest BCUT2D eigenvalue weighted by molar-refractivity contribution is 6.26. The van der Waals surface area contributed by atoms with Gasteiger partial charge in [-0.15, -0.1) is 0 Å². The molecule has 0 atom stereocenters. The number of hydrazone groups is 2. The van der Waals surface area contributed by atoms with Crippen molar-refractivity contribution in [2.24, 2.45) is 10.2 Å². The molecule has 0 fully saturated rings. The molecule has 0 amide bonds. The van der Waals surface area contributed by atoms with Crippen LogP contribution in [0.15, 0.2) is 216 Å². The highest BCUT2D eigenvalue weighted by Gasteiger charge is 2.32. The van der Waals surface area contributed by atoms with E-state index in [1.165, 1.54) is 12.8 Å². The van der Waals surface area contributed by atoms with Gasteiger partial charge < -0.3 is 9.47 Å². The highest BCUT2D eigenvalue weighted by Crippen LogP contribution is 2.41. The Balaban J connectivity index is 0.827. The van der Waals surface area contributed by atoms with Gasteiger partial charge in [0, 0.05) is 28.7 Å². The average molecular weight is 1080 g/mol. The second kappa shape index (κ2) is 24.4. The van der Waals surface area contributed by atoms with E-state index in [-0.39, 0.29) is 0 Å². The molecule has 0 aliphatic heterocycles. The summed E-state index contributed by atoms with van der Waals surface area (Å²) in [4.78, 5) is 29.0. The molecule has 2 aliphatic rings. The van der Waals surface area contributed by atoms with Crippen LogP contribution < -0.4 is 10.0 Å². The van der Waals surface area contributed by atoms with Crippen molar-refractivity contribution in [2.45, 2.75) is 77.7 Å². The van der Waals surface area contributed by atoms with Crippen LogP contribution in [0.4, 0.5) is 23.3 Å².